The second kappa shape index (κ2) is 2.40. The largest absolute Gasteiger partial charge is 0.350 e. The summed E-state index contributed by atoms with van der Waals surface area (Å²) < 4.78 is 0. The molecule has 0 N–H and O–H groups in total. The Kier molecular flexibility index (Phi) is 1.41. The Balaban J connectivity index is 2.31. The molecule has 0 fully saturated rings. The van der Waals surface area contributed by atoms with E-state index < -0.39 is 0 Å². The van der Waals surface area contributed by atoms with Gasteiger partial charge in [-0.2, -0.15) is 0 Å². The van der Waals surface area contributed by atoms with Gasteiger partial charge in [-0.05, 0) is 25.2 Å². The Morgan fingerprint density at radius 2 is 2.64 bits per heavy atom. The van der Waals surface area contributed by atoms with Crippen LogP contribution in [-0.2, 0) is 0 Å². The van der Waals surface area contributed by atoms with Crippen molar-refractivity contribution < 1.29 is 0 Å². The van der Waals surface area contributed by atoms with Gasteiger partial charge in [-0.3, -0.25) is 0 Å². The molecule has 0 bridgehead atoms. The standard InChI is InChI=1S/C9H10N2/c1-2-11-7-10-8-5-3-4-6-9(8)11/h3,5-7,9H,2H2,1H3. The molecule has 0 radical (unpaired) electrons. The van der Waals surface area contributed by atoms with Gasteiger partial charge in [-0.15, -0.1) is 5.73 Å². The molecule has 1 aliphatic heterocycles. The summed E-state index contributed by atoms with van der Waals surface area (Å²) in [6.45, 7) is 3.13. The van der Waals surface area contributed by atoms with Gasteiger partial charge in [-0.25, -0.2) is 4.99 Å². The van der Waals surface area contributed by atoms with Crippen LogP contribution in [0.4, 0.5) is 0 Å². The molecule has 2 nitrogen and oxygen atoms in total. The fourth-order valence-corrected chi connectivity index (χ4v) is 1.34. The molecule has 2 heteroatoms. The van der Waals surface area contributed by atoms with Gasteiger partial charge in [0.2, 0.25) is 0 Å². The number of hydrogen-bond donors (Lipinski definition) is 0. The van der Waals surface area contributed by atoms with Crippen molar-refractivity contribution in [3.8, 4) is 0 Å². The van der Waals surface area contributed by atoms with E-state index in [1.165, 1.54) is 0 Å². The zero-order valence-corrected chi connectivity index (χ0v) is 6.49. The Morgan fingerprint density at radius 1 is 1.73 bits per heavy atom. The smallest absolute Gasteiger partial charge is 0.0980 e. The molecule has 0 saturated carbocycles. The second-order valence-corrected chi connectivity index (χ2v) is 2.61. The first-order valence-corrected chi connectivity index (χ1v) is 3.84. The quantitative estimate of drug-likeness (QED) is 0.509. The molecule has 0 aromatic heterocycles. The number of nitrogens with zero attached hydrogens (tertiary/aromatic N) is 2. The third-order valence-electron chi connectivity index (χ3n) is 1.99. The molecule has 11 heavy (non-hydrogen) atoms. The molecular formula is C9H10N2. The van der Waals surface area contributed by atoms with Crippen molar-refractivity contribution in [3.05, 3.63) is 29.7 Å². The molecule has 0 spiro atoms. The minimum absolute atomic E-state index is 0.352. The summed E-state index contributed by atoms with van der Waals surface area (Å²) in [5, 5.41) is 0. The SMILES string of the molecule is CCN1C=NC2=CC=C=CC21. The lowest BCUT2D eigenvalue weighted by Crippen LogP contribution is -2.28. The first kappa shape index (κ1) is 6.44. The van der Waals surface area contributed by atoms with Gasteiger partial charge in [0.25, 0.3) is 0 Å². The molecule has 56 valence electrons. The van der Waals surface area contributed by atoms with Gasteiger partial charge in [0.15, 0.2) is 0 Å². The third-order valence-corrected chi connectivity index (χ3v) is 1.99. The van der Waals surface area contributed by atoms with Crippen LogP contribution in [0.3, 0.4) is 0 Å². The maximum atomic E-state index is 4.27. The van der Waals surface area contributed by atoms with Crippen LogP contribution in [-0.4, -0.2) is 23.8 Å². The lowest BCUT2D eigenvalue weighted by Gasteiger charge is -2.19. The highest BCUT2D eigenvalue weighted by Crippen LogP contribution is 2.19. The average Bonchev–Trinajstić information content (AvgIpc) is 2.47. The molecule has 2 aliphatic rings. The van der Waals surface area contributed by atoms with E-state index in [1.54, 1.807) is 0 Å². The molecule has 0 aromatic carbocycles. The summed E-state index contributed by atoms with van der Waals surface area (Å²) in [5.74, 6) is 0. The highest BCUT2D eigenvalue weighted by Gasteiger charge is 2.21. The van der Waals surface area contributed by atoms with Gasteiger partial charge >= 0.3 is 0 Å². The van der Waals surface area contributed by atoms with Crippen LogP contribution in [0.2, 0.25) is 0 Å². The predicted molar refractivity (Wildman–Crippen MR) is 45.4 cm³/mol. The van der Waals surface area contributed by atoms with Crippen LogP contribution in [0.25, 0.3) is 0 Å². The predicted octanol–water partition coefficient (Wildman–Crippen LogP) is 1.33. The van der Waals surface area contributed by atoms with Crippen LogP contribution in [0.1, 0.15) is 6.92 Å². The Hall–Kier alpha value is -1.27. The van der Waals surface area contributed by atoms with E-state index in [0.29, 0.717) is 6.04 Å². The Morgan fingerprint density at radius 3 is 3.45 bits per heavy atom. The van der Waals surface area contributed by atoms with Crippen LogP contribution in [0, 0.1) is 0 Å². The van der Waals surface area contributed by atoms with Crippen molar-refractivity contribution in [2.75, 3.05) is 6.54 Å². The summed E-state index contributed by atoms with van der Waals surface area (Å²) in [6.07, 6.45) is 7.86. The monoisotopic (exact) mass is 146 g/mol. The second-order valence-electron chi connectivity index (χ2n) is 2.61. The number of hydrogen-bond acceptors (Lipinski definition) is 2. The molecule has 0 amide bonds. The van der Waals surface area contributed by atoms with Crippen molar-refractivity contribution in [2.24, 2.45) is 4.99 Å². The first-order valence-electron chi connectivity index (χ1n) is 3.84. The number of likely N-dealkylation sites (N-methyl/N-ethyl adjacent to an activating group) is 1. The molecule has 1 atom stereocenters. The molecule has 1 aliphatic carbocycles. The van der Waals surface area contributed by atoms with Crippen molar-refractivity contribution in [3.63, 3.8) is 0 Å². The molecule has 0 aromatic rings. The van der Waals surface area contributed by atoms with E-state index in [4.69, 9.17) is 0 Å². The lowest BCUT2D eigenvalue weighted by molar-refractivity contribution is 0.443. The highest BCUT2D eigenvalue weighted by molar-refractivity contribution is 5.64. The van der Waals surface area contributed by atoms with E-state index >= 15 is 0 Å². The number of fused-ring (bicyclic) bond motifs is 1. The van der Waals surface area contributed by atoms with Crippen LogP contribution in [0.5, 0.6) is 0 Å². The molecular weight excluding hydrogens is 136 g/mol. The zero-order valence-electron chi connectivity index (χ0n) is 6.49. The Bertz CT molecular complexity index is 280. The summed E-state index contributed by atoms with van der Waals surface area (Å²) in [5.41, 5.74) is 4.20. The summed E-state index contributed by atoms with van der Waals surface area (Å²) in [4.78, 5) is 6.46. The van der Waals surface area contributed by atoms with Crippen LogP contribution < -0.4 is 0 Å². The molecule has 1 unspecified atom stereocenters. The van der Waals surface area contributed by atoms with Crippen molar-refractivity contribution in [1.82, 2.24) is 4.90 Å². The summed E-state index contributed by atoms with van der Waals surface area (Å²) in [6, 6.07) is 0.352. The fourth-order valence-electron chi connectivity index (χ4n) is 1.34. The van der Waals surface area contributed by atoms with E-state index in [-0.39, 0.29) is 0 Å². The Labute approximate surface area is 66.2 Å². The average molecular weight is 146 g/mol. The number of rotatable bonds is 1. The minimum Gasteiger partial charge on any atom is -0.350 e. The van der Waals surface area contributed by atoms with Gasteiger partial charge in [0, 0.05) is 6.54 Å². The van der Waals surface area contributed by atoms with Gasteiger partial charge in [0.05, 0.1) is 18.1 Å². The van der Waals surface area contributed by atoms with Crippen molar-refractivity contribution in [1.29, 1.82) is 0 Å². The van der Waals surface area contributed by atoms with E-state index in [2.05, 4.69) is 22.5 Å². The summed E-state index contributed by atoms with van der Waals surface area (Å²) in [7, 11) is 0. The third kappa shape index (κ3) is 0.920. The molecule has 2 rings (SSSR count). The lowest BCUT2D eigenvalue weighted by atomic mass is 10.1. The number of aliphatic imine (C=N–C) groups is 1. The van der Waals surface area contributed by atoms with Crippen molar-refractivity contribution >= 4 is 6.34 Å². The maximum absolute atomic E-state index is 4.27. The fraction of sp³-hybridized carbons (Fsp3) is 0.333. The first-order chi connectivity index (χ1) is 5.42. The zero-order chi connectivity index (χ0) is 7.68. The van der Waals surface area contributed by atoms with E-state index in [0.717, 1.165) is 12.2 Å². The van der Waals surface area contributed by atoms with E-state index in [9.17, 15) is 0 Å². The van der Waals surface area contributed by atoms with Gasteiger partial charge in [0.1, 0.15) is 0 Å². The highest BCUT2D eigenvalue weighted by atomic mass is 15.2. The molecule has 1 heterocycles. The van der Waals surface area contributed by atoms with Crippen LogP contribution >= 0.6 is 0 Å². The summed E-state index contributed by atoms with van der Waals surface area (Å²) >= 11 is 0. The maximum Gasteiger partial charge on any atom is 0.0980 e. The normalized spacial score (nSPS) is 25.7. The van der Waals surface area contributed by atoms with Gasteiger partial charge < -0.3 is 4.90 Å². The van der Waals surface area contributed by atoms with E-state index in [1.807, 2.05) is 24.6 Å². The minimum atomic E-state index is 0.352. The van der Waals surface area contributed by atoms with Crippen LogP contribution in [0.15, 0.2) is 34.6 Å². The molecule has 0 saturated heterocycles. The topological polar surface area (TPSA) is 15.6 Å². The van der Waals surface area contributed by atoms with Crippen molar-refractivity contribution in [2.45, 2.75) is 13.0 Å². The number of allylic oxidation sites excluding steroid dienone is 1. The van der Waals surface area contributed by atoms with Gasteiger partial charge in [-0.1, -0.05) is 0 Å².